The largest absolute Gasteiger partial charge is 0.360 e. The monoisotopic (exact) mass is 295 g/mol. The average molecular weight is 295 g/mol. The SMILES string of the molecule is Cc1noc(C)c1S(=O)(=O)Nc1ccc(C#N)cc1F. The number of nitriles is 1. The van der Waals surface area contributed by atoms with E-state index in [1.807, 2.05) is 0 Å². The van der Waals surface area contributed by atoms with Gasteiger partial charge in [0.2, 0.25) is 0 Å². The number of anilines is 1. The summed E-state index contributed by atoms with van der Waals surface area (Å²) in [5, 5.41) is 12.2. The Kier molecular flexibility index (Phi) is 3.46. The van der Waals surface area contributed by atoms with Crippen LogP contribution in [0.25, 0.3) is 0 Å². The highest BCUT2D eigenvalue weighted by Gasteiger charge is 2.25. The first-order valence-corrected chi connectivity index (χ1v) is 6.99. The molecule has 0 fully saturated rings. The van der Waals surface area contributed by atoms with E-state index in [4.69, 9.17) is 9.78 Å². The summed E-state index contributed by atoms with van der Waals surface area (Å²) < 4.78 is 44.9. The van der Waals surface area contributed by atoms with Gasteiger partial charge in [-0.1, -0.05) is 5.16 Å². The molecule has 0 aliphatic rings. The molecule has 0 saturated heterocycles. The van der Waals surface area contributed by atoms with Crippen LogP contribution in [0.1, 0.15) is 17.0 Å². The average Bonchev–Trinajstić information content (AvgIpc) is 2.72. The van der Waals surface area contributed by atoms with Gasteiger partial charge in [0.25, 0.3) is 10.0 Å². The van der Waals surface area contributed by atoms with Crippen LogP contribution in [0.3, 0.4) is 0 Å². The molecule has 1 N–H and O–H groups in total. The summed E-state index contributed by atoms with van der Waals surface area (Å²) in [4.78, 5) is -0.124. The molecule has 2 aromatic rings. The Bertz CT molecular complexity index is 786. The Labute approximate surface area is 114 Å². The molecule has 0 aliphatic heterocycles. The molecule has 2 rings (SSSR count). The van der Waals surface area contributed by atoms with Crippen LogP contribution in [-0.4, -0.2) is 13.6 Å². The smallest absolute Gasteiger partial charge is 0.267 e. The highest BCUT2D eigenvalue weighted by Crippen LogP contribution is 2.24. The van der Waals surface area contributed by atoms with E-state index in [0.717, 1.165) is 6.07 Å². The van der Waals surface area contributed by atoms with E-state index in [0.29, 0.717) is 0 Å². The van der Waals surface area contributed by atoms with Crippen LogP contribution >= 0.6 is 0 Å². The standard InChI is InChI=1S/C12H10FN3O3S/c1-7-12(8(2)19-15-7)20(17,18)16-11-4-3-9(6-14)5-10(11)13/h3-5,16H,1-2H3. The molecule has 20 heavy (non-hydrogen) atoms. The van der Waals surface area contributed by atoms with Crippen molar-refractivity contribution in [3.63, 3.8) is 0 Å². The van der Waals surface area contributed by atoms with Gasteiger partial charge in [-0.3, -0.25) is 4.72 Å². The predicted octanol–water partition coefficient (Wildman–Crippen LogP) is 2.10. The number of nitrogens with zero attached hydrogens (tertiary/aromatic N) is 2. The van der Waals surface area contributed by atoms with Gasteiger partial charge in [0.15, 0.2) is 10.7 Å². The third kappa shape index (κ3) is 2.48. The lowest BCUT2D eigenvalue weighted by molar-refractivity contribution is 0.390. The minimum absolute atomic E-state index is 0.0998. The Morgan fingerprint density at radius 3 is 2.60 bits per heavy atom. The number of nitrogens with one attached hydrogen (secondary N) is 1. The quantitative estimate of drug-likeness (QED) is 0.935. The van der Waals surface area contributed by atoms with Gasteiger partial charge in [-0.15, -0.1) is 0 Å². The number of rotatable bonds is 3. The van der Waals surface area contributed by atoms with Gasteiger partial charge in [-0.05, 0) is 32.0 Å². The van der Waals surface area contributed by atoms with Crippen LogP contribution in [0.2, 0.25) is 0 Å². The van der Waals surface area contributed by atoms with Gasteiger partial charge in [0, 0.05) is 0 Å². The molecule has 0 atom stereocenters. The molecule has 8 heteroatoms. The Balaban J connectivity index is 2.42. The predicted molar refractivity (Wildman–Crippen MR) is 67.9 cm³/mol. The van der Waals surface area contributed by atoms with Gasteiger partial charge >= 0.3 is 0 Å². The van der Waals surface area contributed by atoms with Crippen molar-refractivity contribution in [3.8, 4) is 6.07 Å². The van der Waals surface area contributed by atoms with Crippen molar-refractivity contribution in [2.45, 2.75) is 18.7 Å². The number of hydrogen-bond donors (Lipinski definition) is 1. The number of halogens is 1. The molecule has 1 aromatic carbocycles. The van der Waals surface area contributed by atoms with Crippen molar-refractivity contribution < 1.29 is 17.3 Å². The molecule has 0 saturated carbocycles. The molecule has 1 heterocycles. The maximum Gasteiger partial charge on any atom is 0.267 e. The lowest BCUT2D eigenvalue weighted by atomic mass is 10.2. The number of hydrogen-bond acceptors (Lipinski definition) is 5. The first-order chi connectivity index (χ1) is 9.35. The van der Waals surface area contributed by atoms with Crippen LogP contribution in [0, 0.1) is 31.0 Å². The fourth-order valence-electron chi connectivity index (χ4n) is 1.72. The maximum absolute atomic E-state index is 13.7. The second-order valence-corrected chi connectivity index (χ2v) is 5.68. The van der Waals surface area contributed by atoms with Crippen LogP contribution in [0.15, 0.2) is 27.6 Å². The number of sulfonamides is 1. The first-order valence-electron chi connectivity index (χ1n) is 5.50. The summed E-state index contributed by atoms with van der Waals surface area (Å²) in [7, 11) is -4.00. The fourth-order valence-corrected chi connectivity index (χ4v) is 3.12. The Hall–Kier alpha value is -2.40. The van der Waals surface area contributed by atoms with E-state index in [1.165, 1.54) is 26.0 Å². The minimum atomic E-state index is -4.00. The summed E-state index contributed by atoms with van der Waals surface area (Å²) in [6.45, 7) is 2.92. The van der Waals surface area contributed by atoms with Gasteiger partial charge in [0.05, 0.1) is 17.3 Å². The lowest BCUT2D eigenvalue weighted by Crippen LogP contribution is -2.15. The minimum Gasteiger partial charge on any atom is -0.360 e. The normalized spacial score (nSPS) is 11.1. The number of benzene rings is 1. The molecule has 104 valence electrons. The van der Waals surface area contributed by atoms with Crippen molar-refractivity contribution >= 4 is 15.7 Å². The summed E-state index contributed by atoms with van der Waals surface area (Å²) >= 11 is 0. The van der Waals surface area contributed by atoms with Crippen LogP contribution in [-0.2, 0) is 10.0 Å². The zero-order valence-corrected chi connectivity index (χ0v) is 11.5. The molecule has 0 aliphatic carbocycles. The summed E-state index contributed by atoms with van der Waals surface area (Å²) in [5.41, 5.74) is 0.0378. The molecular formula is C12H10FN3O3S. The summed E-state index contributed by atoms with van der Waals surface area (Å²) in [5.74, 6) is -0.719. The second kappa shape index (κ2) is 4.94. The van der Waals surface area contributed by atoms with Crippen LogP contribution < -0.4 is 4.72 Å². The number of aryl methyl sites for hydroxylation is 2. The maximum atomic E-state index is 13.7. The number of aromatic nitrogens is 1. The molecule has 0 bridgehead atoms. The first kappa shape index (κ1) is 14.0. The van der Waals surface area contributed by atoms with Crippen LogP contribution in [0.5, 0.6) is 0 Å². The Morgan fingerprint density at radius 1 is 1.40 bits per heavy atom. The van der Waals surface area contributed by atoms with Gasteiger partial charge in [-0.2, -0.15) is 5.26 Å². The summed E-state index contributed by atoms with van der Waals surface area (Å²) in [6, 6.07) is 5.21. The van der Waals surface area contributed by atoms with E-state index in [2.05, 4.69) is 9.88 Å². The molecule has 0 amide bonds. The van der Waals surface area contributed by atoms with Crippen molar-refractivity contribution in [1.29, 1.82) is 5.26 Å². The third-order valence-electron chi connectivity index (χ3n) is 2.58. The topological polar surface area (TPSA) is 96.0 Å². The van der Waals surface area contributed by atoms with E-state index in [9.17, 15) is 12.8 Å². The molecular weight excluding hydrogens is 285 g/mol. The van der Waals surface area contributed by atoms with Crippen LogP contribution in [0.4, 0.5) is 10.1 Å². The second-order valence-electron chi connectivity index (χ2n) is 4.07. The van der Waals surface area contributed by atoms with Gasteiger partial charge < -0.3 is 4.52 Å². The van der Waals surface area contributed by atoms with Gasteiger partial charge in [0.1, 0.15) is 11.5 Å². The van der Waals surface area contributed by atoms with E-state index >= 15 is 0 Å². The van der Waals surface area contributed by atoms with Crippen molar-refractivity contribution in [3.05, 3.63) is 41.0 Å². The lowest BCUT2D eigenvalue weighted by Gasteiger charge is -2.08. The summed E-state index contributed by atoms with van der Waals surface area (Å²) in [6.07, 6.45) is 0. The zero-order chi connectivity index (χ0) is 14.9. The third-order valence-corrected chi connectivity index (χ3v) is 4.19. The van der Waals surface area contributed by atoms with Gasteiger partial charge in [-0.25, -0.2) is 12.8 Å². The molecule has 6 nitrogen and oxygen atoms in total. The van der Waals surface area contributed by atoms with E-state index in [-0.39, 0.29) is 27.6 Å². The molecule has 0 radical (unpaired) electrons. The van der Waals surface area contributed by atoms with E-state index < -0.39 is 15.8 Å². The Morgan fingerprint density at radius 2 is 2.10 bits per heavy atom. The zero-order valence-electron chi connectivity index (χ0n) is 10.6. The van der Waals surface area contributed by atoms with E-state index in [1.54, 1.807) is 6.07 Å². The highest BCUT2D eigenvalue weighted by molar-refractivity contribution is 7.92. The van der Waals surface area contributed by atoms with Crippen molar-refractivity contribution in [2.75, 3.05) is 4.72 Å². The van der Waals surface area contributed by atoms with Crippen molar-refractivity contribution in [1.82, 2.24) is 5.16 Å². The van der Waals surface area contributed by atoms with Crippen molar-refractivity contribution in [2.24, 2.45) is 0 Å². The molecule has 0 spiro atoms. The molecule has 1 aromatic heterocycles. The fraction of sp³-hybridized carbons (Fsp3) is 0.167. The molecule has 0 unspecified atom stereocenters. The highest BCUT2D eigenvalue weighted by atomic mass is 32.2.